The molecular weight excluding hydrogens is 356 g/mol. The number of hydrogen-bond donors (Lipinski definition) is 1. The number of aliphatic hydroxyl groups excluding tert-OH is 1. The molecule has 1 N–H and O–H groups in total. The van der Waals surface area contributed by atoms with E-state index >= 15 is 0 Å². The van der Waals surface area contributed by atoms with E-state index in [1.165, 1.54) is 12.1 Å². The largest absolute Gasteiger partial charge is 0.391 e. The predicted octanol–water partition coefficient (Wildman–Crippen LogP) is 4.54. The Labute approximate surface area is 133 Å². The van der Waals surface area contributed by atoms with Crippen molar-refractivity contribution >= 4 is 15.9 Å². The van der Waals surface area contributed by atoms with Crippen LogP contribution in [0.3, 0.4) is 0 Å². The lowest BCUT2D eigenvalue weighted by atomic mass is 10.0. The molecular formula is C16H10BrF2NO2. The van der Waals surface area contributed by atoms with Crippen LogP contribution in [0.2, 0.25) is 0 Å². The minimum absolute atomic E-state index is 0.0227. The summed E-state index contributed by atoms with van der Waals surface area (Å²) in [5.74, 6) is -1.99. The predicted molar refractivity (Wildman–Crippen MR) is 80.9 cm³/mol. The minimum atomic E-state index is -1.03. The molecule has 0 amide bonds. The Hall–Kier alpha value is -2.05. The van der Waals surface area contributed by atoms with Gasteiger partial charge in [-0.2, -0.15) is 0 Å². The summed E-state index contributed by atoms with van der Waals surface area (Å²) in [5.41, 5.74) is 1.33. The normalized spacial score (nSPS) is 10.9. The van der Waals surface area contributed by atoms with Gasteiger partial charge in [-0.25, -0.2) is 8.78 Å². The number of benzene rings is 2. The second-order valence-electron chi connectivity index (χ2n) is 4.61. The summed E-state index contributed by atoms with van der Waals surface area (Å²) in [7, 11) is 0. The molecule has 1 aromatic heterocycles. The maximum absolute atomic E-state index is 13.9. The lowest BCUT2D eigenvalue weighted by Gasteiger charge is -2.03. The number of hydrogen-bond acceptors (Lipinski definition) is 3. The molecule has 6 heteroatoms. The van der Waals surface area contributed by atoms with Crippen LogP contribution in [-0.4, -0.2) is 10.3 Å². The summed E-state index contributed by atoms with van der Waals surface area (Å²) >= 11 is 3.35. The fourth-order valence-corrected chi connectivity index (χ4v) is 2.61. The SMILES string of the molecule is OCc1c(-c2cccc(Br)c2)noc1-c1cccc(F)c1F. The highest BCUT2D eigenvalue weighted by atomic mass is 79.9. The van der Waals surface area contributed by atoms with Crippen molar-refractivity contribution in [3.05, 3.63) is 64.1 Å². The van der Waals surface area contributed by atoms with Crippen molar-refractivity contribution in [1.82, 2.24) is 5.16 Å². The quantitative estimate of drug-likeness (QED) is 0.740. The maximum Gasteiger partial charge on any atom is 0.176 e. The summed E-state index contributed by atoms with van der Waals surface area (Å²) in [6, 6.07) is 11.0. The van der Waals surface area contributed by atoms with Crippen LogP contribution in [0.5, 0.6) is 0 Å². The van der Waals surface area contributed by atoms with E-state index in [1.54, 1.807) is 18.2 Å². The van der Waals surface area contributed by atoms with Gasteiger partial charge in [0, 0.05) is 10.0 Å². The first-order valence-corrected chi connectivity index (χ1v) is 7.21. The second kappa shape index (κ2) is 5.98. The molecule has 22 heavy (non-hydrogen) atoms. The van der Waals surface area contributed by atoms with Crippen molar-refractivity contribution in [2.75, 3.05) is 0 Å². The summed E-state index contributed by atoms with van der Waals surface area (Å²) in [6.07, 6.45) is 0. The number of aromatic nitrogens is 1. The van der Waals surface area contributed by atoms with Crippen LogP contribution in [0, 0.1) is 11.6 Å². The summed E-state index contributed by atoms with van der Waals surface area (Å²) < 4.78 is 33.3. The molecule has 0 saturated carbocycles. The van der Waals surface area contributed by atoms with E-state index in [0.29, 0.717) is 16.8 Å². The first kappa shape index (κ1) is 14.9. The Morgan fingerprint density at radius 3 is 2.64 bits per heavy atom. The Morgan fingerprint density at radius 1 is 1.14 bits per heavy atom. The fraction of sp³-hybridized carbons (Fsp3) is 0.0625. The molecule has 3 nitrogen and oxygen atoms in total. The van der Waals surface area contributed by atoms with Crippen molar-refractivity contribution < 1.29 is 18.4 Å². The number of rotatable bonds is 3. The van der Waals surface area contributed by atoms with Crippen LogP contribution in [0.4, 0.5) is 8.78 Å². The molecule has 3 rings (SSSR count). The van der Waals surface area contributed by atoms with Crippen molar-refractivity contribution in [2.45, 2.75) is 6.61 Å². The van der Waals surface area contributed by atoms with E-state index in [0.717, 1.165) is 10.5 Å². The molecule has 0 aliphatic carbocycles. The van der Waals surface area contributed by atoms with Crippen LogP contribution in [0.25, 0.3) is 22.6 Å². The highest BCUT2D eigenvalue weighted by Gasteiger charge is 2.22. The van der Waals surface area contributed by atoms with E-state index in [-0.39, 0.29) is 11.3 Å². The topological polar surface area (TPSA) is 46.3 Å². The van der Waals surface area contributed by atoms with Crippen LogP contribution < -0.4 is 0 Å². The van der Waals surface area contributed by atoms with Crippen LogP contribution in [-0.2, 0) is 6.61 Å². The van der Waals surface area contributed by atoms with Gasteiger partial charge in [0.15, 0.2) is 17.4 Å². The third-order valence-corrected chi connectivity index (χ3v) is 3.73. The highest BCUT2D eigenvalue weighted by Crippen LogP contribution is 2.34. The molecule has 0 atom stereocenters. The molecule has 0 spiro atoms. The van der Waals surface area contributed by atoms with Gasteiger partial charge >= 0.3 is 0 Å². The zero-order valence-corrected chi connectivity index (χ0v) is 12.8. The zero-order valence-electron chi connectivity index (χ0n) is 11.2. The first-order chi connectivity index (χ1) is 10.6. The van der Waals surface area contributed by atoms with Crippen molar-refractivity contribution in [2.24, 2.45) is 0 Å². The Morgan fingerprint density at radius 2 is 1.91 bits per heavy atom. The Balaban J connectivity index is 2.18. The van der Waals surface area contributed by atoms with Gasteiger partial charge in [0.2, 0.25) is 0 Å². The molecule has 3 aromatic rings. The third-order valence-electron chi connectivity index (χ3n) is 3.24. The molecule has 0 fully saturated rings. The van der Waals surface area contributed by atoms with Gasteiger partial charge in [0.1, 0.15) is 5.69 Å². The minimum Gasteiger partial charge on any atom is -0.391 e. The van der Waals surface area contributed by atoms with Crippen LogP contribution in [0.1, 0.15) is 5.56 Å². The molecule has 1 heterocycles. The van der Waals surface area contributed by atoms with E-state index in [4.69, 9.17) is 4.52 Å². The molecule has 112 valence electrons. The Kier molecular flexibility index (Phi) is 4.04. The lowest BCUT2D eigenvalue weighted by Crippen LogP contribution is -1.93. The molecule has 0 saturated heterocycles. The van der Waals surface area contributed by atoms with Gasteiger partial charge in [-0.3, -0.25) is 0 Å². The van der Waals surface area contributed by atoms with Crippen LogP contribution >= 0.6 is 15.9 Å². The highest BCUT2D eigenvalue weighted by molar-refractivity contribution is 9.10. The van der Waals surface area contributed by atoms with E-state index in [9.17, 15) is 13.9 Å². The van der Waals surface area contributed by atoms with Gasteiger partial charge in [-0.1, -0.05) is 39.3 Å². The van der Waals surface area contributed by atoms with Crippen LogP contribution in [0.15, 0.2) is 51.5 Å². The molecule has 0 aliphatic rings. The molecule has 0 bridgehead atoms. The maximum atomic E-state index is 13.9. The van der Waals surface area contributed by atoms with Crippen molar-refractivity contribution in [3.63, 3.8) is 0 Å². The van der Waals surface area contributed by atoms with E-state index in [2.05, 4.69) is 21.1 Å². The number of nitrogens with zero attached hydrogens (tertiary/aromatic N) is 1. The number of halogens is 3. The molecule has 0 aliphatic heterocycles. The monoisotopic (exact) mass is 365 g/mol. The fourth-order valence-electron chi connectivity index (χ4n) is 2.21. The smallest absolute Gasteiger partial charge is 0.176 e. The van der Waals surface area contributed by atoms with Gasteiger partial charge < -0.3 is 9.63 Å². The van der Waals surface area contributed by atoms with Gasteiger partial charge in [0.05, 0.1) is 17.7 Å². The standard InChI is InChI=1S/C16H10BrF2NO2/c17-10-4-1-3-9(7-10)15-12(8-21)16(22-20-15)11-5-2-6-13(18)14(11)19/h1-7,21H,8H2. The molecule has 2 aromatic carbocycles. The van der Waals surface area contributed by atoms with Gasteiger partial charge in [0.25, 0.3) is 0 Å². The number of aliphatic hydroxyl groups is 1. The summed E-state index contributed by atoms with van der Waals surface area (Å²) in [6.45, 7) is -0.406. The summed E-state index contributed by atoms with van der Waals surface area (Å²) in [5, 5.41) is 13.5. The average molecular weight is 366 g/mol. The van der Waals surface area contributed by atoms with Gasteiger partial charge in [-0.05, 0) is 24.3 Å². The van der Waals surface area contributed by atoms with Crippen molar-refractivity contribution in [3.8, 4) is 22.6 Å². The average Bonchev–Trinajstić information content (AvgIpc) is 2.93. The van der Waals surface area contributed by atoms with E-state index in [1.807, 2.05) is 6.07 Å². The molecule has 0 unspecified atom stereocenters. The van der Waals surface area contributed by atoms with Crippen molar-refractivity contribution in [1.29, 1.82) is 0 Å². The third kappa shape index (κ3) is 2.55. The van der Waals surface area contributed by atoms with Gasteiger partial charge in [-0.15, -0.1) is 0 Å². The van der Waals surface area contributed by atoms with E-state index < -0.39 is 18.2 Å². The lowest BCUT2D eigenvalue weighted by molar-refractivity contribution is 0.281. The molecule has 0 radical (unpaired) electrons. The summed E-state index contributed by atoms with van der Waals surface area (Å²) in [4.78, 5) is 0. The zero-order chi connectivity index (χ0) is 15.7. The first-order valence-electron chi connectivity index (χ1n) is 6.41. The second-order valence-corrected chi connectivity index (χ2v) is 5.52. The Bertz CT molecular complexity index is 833.